The van der Waals surface area contributed by atoms with Crippen LogP contribution in [0.4, 0.5) is 23.1 Å². The molecule has 0 unspecified atom stereocenters. The van der Waals surface area contributed by atoms with Gasteiger partial charge in [0.2, 0.25) is 5.95 Å². The molecule has 1 heterocycles. The molecule has 0 aliphatic heterocycles. The predicted octanol–water partition coefficient (Wildman–Crippen LogP) is 3.99. The van der Waals surface area contributed by atoms with E-state index in [1.54, 1.807) is 20.4 Å². The van der Waals surface area contributed by atoms with Gasteiger partial charge in [-0.05, 0) is 43.2 Å². The fraction of sp³-hybridized carbons (Fsp3) is 0.211. The quantitative estimate of drug-likeness (QED) is 0.695. The SMILES string of the molecule is COc1ccc(OC)c(Nc2nncc(Nc3cc(C)ccc3C)n2)c1. The summed E-state index contributed by atoms with van der Waals surface area (Å²) >= 11 is 0. The Morgan fingerprint density at radius 1 is 0.885 bits per heavy atom. The molecule has 2 N–H and O–H groups in total. The lowest BCUT2D eigenvalue weighted by Crippen LogP contribution is -2.04. The van der Waals surface area contributed by atoms with Crippen molar-refractivity contribution >= 4 is 23.1 Å². The third kappa shape index (κ3) is 4.00. The maximum Gasteiger partial charge on any atom is 0.249 e. The summed E-state index contributed by atoms with van der Waals surface area (Å²) in [6, 6.07) is 11.6. The lowest BCUT2D eigenvalue weighted by molar-refractivity contribution is 0.405. The largest absolute Gasteiger partial charge is 0.497 e. The molecule has 7 heteroatoms. The van der Waals surface area contributed by atoms with Crippen molar-refractivity contribution in [1.29, 1.82) is 0 Å². The number of anilines is 4. The number of methoxy groups -OCH3 is 2. The van der Waals surface area contributed by atoms with Crippen molar-refractivity contribution in [3.63, 3.8) is 0 Å². The molecule has 3 aromatic rings. The molecular formula is C19H21N5O2. The van der Waals surface area contributed by atoms with Crippen LogP contribution in [0.3, 0.4) is 0 Å². The molecule has 0 fully saturated rings. The summed E-state index contributed by atoms with van der Waals surface area (Å²) in [7, 11) is 3.21. The third-order valence-corrected chi connectivity index (χ3v) is 3.87. The summed E-state index contributed by atoms with van der Waals surface area (Å²) in [4.78, 5) is 4.47. The van der Waals surface area contributed by atoms with Crippen molar-refractivity contribution < 1.29 is 9.47 Å². The highest BCUT2D eigenvalue weighted by Crippen LogP contribution is 2.30. The topological polar surface area (TPSA) is 81.2 Å². The zero-order valence-corrected chi connectivity index (χ0v) is 15.2. The van der Waals surface area contributed by atoms with Gasteiger partial charge in [0, 0.05) is 11.8 Å². The zero-order valence-electron chi connectivity index (χ0n) is 15.2. The summed E-state index contributed by atoms with van der Waals surface area (Å²) in [5.74, 6) is 2.30. The molecule has 0 aliphatic rings. The second-order valence-corrected chi connectivity index (χ2v) is 5.80. The number of ether oxygens (including phenoxy) is 2. The van der Waals surface area contributed by atoms with Gasteiger partial charge in [-0.2, -0.15) is 10.1 Å². The van der Waals surface area contributed by atoms with E-state index in [0.717, 1.165) is 11.3 Å². The van der Waals surface area contributed by atoms with Crippen molar-refractivity contribution in [1.82, 2.24) is 15.2 Å². The molecule has 0 saturated carbocycles. The van der Waals surface area contributed by atoms with E-state index in [2.05, 4.69) is 44.0 Å². The smallest absolute Gasteiger partial charge is 0.249 e. The Bertz CT molecular complexity index is 914. The standard InChI is InChI=1S/C19H21N5O2/c1-12-5-6-13(2)15(9-12)21-18-11-20-24-19(23-18)22-16-10-14(25-3)7-8-17(16)26-4/h5-11H,1-4H3,(H2,21,22,23,24). The molecule has 0 bridgehead atoms. The van der Waals surface area contributed by atoms with Crippen LogP contribution in [0.15, 0.2) is 42.6 Å². The first kappa shape index (κ1) is 17.5. The summed E-state index contributed by atoms with van der Waals surface area (Å²) < 4.78 is 10.6. The molecule has 2 aromatic carbocycles. The van der Waals surface area contributed by atoms with Crippen LogP contribution in [0.2, 0.25) is 0 Å². The first-order chi connectivity index (χ1) is 12.6. The van der Waals surface area contributed by atoms with Gasteiger partial charge in [-0.25, -0.2) is 0 Å². The van der Waals surface area contributed by atoms with E-state index in [1.165, 1.54) is 5.56 Å². The predicted molar refractivity (Wildman–Crippen MR) is 102 cm³/mol. The van der Waals surface area contributed by atoms with Crippen LogP contribution in [0.5, 0.6) is 11.5 Å². The number of hydrogen-bond acceptors (Lipinski definition) is 7. The minimum absolute atomic E-state index is 0.354. The molecule has 0 spiro atoms. The molecule has 7 nitrogen and oxygen atoms in total. The Balaban J connectivity index is 1.85. The number of nitrogens with one attached hydrogen (secondary N) is 2. The van der Waals surface area contributed by atoms with E-state index in [9.17, 15) is 0 Å². The average molecular weight is 351 g/mol. The average Bonchev–Trinajstić information content (AvgIpc) is 2.65. The lowest BCUT2D eigenvalue weighted by atomic mass is 10.1. The number of aromatic nitrogens is 3. The molecule has 1 aromatic heterocycles. The van der Waals surface area contributed by atoms with Crippen molar-refractivity contribution in [3.8, 4) is 11.5 Å². The Morgan fingerprint density at radius 3 is 2.50 bits per heavy atom. The van der Waals surface area contributed by atoms with E-state index in [4.69, 9.17) is 9.47 Å². The number of rotatable bonds is 6. The van der Waals surface area contributed by atoms with Crippen LogP contribution < -0.4 is 20.1 Å². The van der Waals surface area contributed by atoms with E-state index < -0.39 is 0 Å². The Hall–Kier alpha value is -3.35. The molecule has 0 saturated heterocycles. The van der Waals surface area contributed by atoms with Gasteiger partial charge >= 0.3 is 0 Å². The maximum atomic E-state index is 5.36. The number of aryl methyl sites for hydroxylation is 2. The van der Waals surface area contributed by atoms with Gasteiger partial charge in [0.15, 0.2) is 5.82 Å². The minimum atomic E-state index is 0.354. The Kier molecular flexibility index (Phi) is 5.17. The number of benzene rings is 2. The van der Waals surface area contributed by atoms with Gasteiger partial charge < -0.3 is 20.1 Å². The van der Waals surface area contributed by atoms with Gasteiger partial charge in [0.1, 0.15) is 11.5 Å². The summed E-state index contributed by atoms with van der Waals surface area (Å²) in [5, 5.41) is 14.5. The van der Waals surface area contributed by atoms with Crippen molar-refractivity contribution in [2.45, 2.75) is 13.8 Å². The van der Waals surface area contributed by atoms with Crippen molar-refractivity contribution in [2.24, 2.45) is 0 Å². The fourth-order valence-corrected chi connectivity index (χ4v) is 2.46. The molecular weight excluding hydrogens is 330 g/mol. The van der Waals surface area contributed by atoms with Gasteiger partial charge in [-0.3, -0.25) is 0 Å². The molecule has 3 rings (SSSR count). The highest BCUT2D eigenvalue weighted by Gasteiger charge is 2.09. The van der Waals surface area contributed by atoms with E-state index in [-0.39, 0.29) is 0 Å². The highest BCUT2D eigenvalue weighted by molar-refractivity contribution is 5.66. The minimum Gasteiger partial charge on any atom is -0.497 e. The summed E-state index contributed by atoms with van der Waals surface area (Å²) in [5.41, 5.74) is 3.96. The van der Waals surface area contributed by atoms with Gasteiger partial charge in [0.05, 0.1) is 26.1 Å². The van der Waals surface area contributed by atoms with Crippen molar-refractivity contribution in [2.75, 3.05) is 24.9 Å². The highest BCUT2D eigenvalue weighted by atomic mass is 16.5. The normalized spacial score (nSPS) is 10.3. The first-order valence-corrected chi connectivity index (χ1v) is 8.12. The Morgan fingerprint density at radius 2 is 1.73 bits per heavy atom. The Labute approximate surface area is 152 Å². The lowest BCUT2D eigenvalue weighted by Gasteiger charge is -2.13. The number of hydrogen-bond donors (Lipinski definition) is 2. The molecule has 26 heavy (non-hydrogen) atoms. The number of nitrogens with zero attached hydrogens (tertiary/aromatic N) is 3. The van der Waals surface area contributed by atoms with Crippen LogP contribution in [-0.4, -0.2) is 29.4 Å². The fourth-order valence-electron chi connectivity index (χ4n) is 2.46. The van der Waals surface area contributed by atoms with Gasteiger partial charge in [-0.15, -0.1) is 5.10 Å². The second-order valence-electron chi connectivity index (χ2n) is 5.80. The van der Waals surface area contributed by atoms with Crippen LogP contribution in [0.25, 0.3) is 0 Å². The molecule has 0 amide bonds. The van der Waals surface area contributed by atoms with Gasteiger partial charge in [0.25, 0.3) is 0 Å². The molecule has 134 valence electrons. The van der Waals surface area contributed by atoms with E-state index >= 15 is 0 Å². The van der Waals surface area contributed by atoms with E-state index in [1.807, 2.05) is 32.0 Å². The molecule has 0 aliphatic carbocycles. The monoisotopic (exact) mass is 351 g/mol. The molecule has 0 atom stereocenters. The van der Waals surface area contributed by atoms with Crippen LogP contribution >= 0.6 is 0 Å². The summed E-state index contributed by atoms with van der Waals surface area (Å²) in [6.45, 7) is 4.08. The zero-order chi connectivity index (χ0) is 18.5. The third-order valence-electron chi connectivity index (χ3n) is 3.87. The van der Waals surface area contributed by atoms with Crippen LogP contribution in [0.1, 0.15) is 11.1 Å². The first-order valence-electron chi connectivity index (χ1n) is 8.12. The maximum absolute atomic E-state index is 5.36. The summed E-state index contributed by atoms with van der Waals surface area (Å²) in [6.07, 6.45) is 1.58. The molecule has 0 radical (unpaired) electrons. The van der Waals surface area contributed by atoms with Crippen LogP contribution in [-0.2, 0) is 0 Å². The van der Waals surface area contributed by atoms with Gasteiger partial charge in [-0.1, -0.05) is 12.1 Å². The second kappa shape index (κ2) is 7.69. The van der Waals surface area contributed by atoms with Crippen molar-refractivity contribution in [3.05, 3.63) is 53.7 Å². The van der Waals surface area contributed by atoms with Crippen LogP contribution in [0, 0.1) is 13.8 Å². The van der Waals surface area contributed by atoms with E-state index in [0.29, 0.717) is 29.0 Å².